The lowest BCUT2D eigenvalue weighted by Crippen LogP contribution is -2.00. The molecular formula is C45H27N3OS. The van der Waals surface area contributed by atoms with Crippen molar-refractivity contribution in [3.63, 3.8) is 0 Å². The molecule has 10 aromatic rings. The van der Waals surface area contributed by atoms with E-state index in [1.807, 2.05) is 36.4 Å². The second-order valence-corrected chi connectivity index (χ2v) is 13.4. The zero-order valence-corrected chi connectivity index (χ0v) is 27.6. The van der Waals surface area contributed by atoms with Gasteiger partial charge >= 0.3 is 0 Å². The first-order valence-corrected chi connectivity index (χ1v) is 17.4. The molecule has 0 spiro atoms. The molecule has 0 N–H and O–H groups in total. The zero-order chi connectivity index (χ0) is 33.0. The summed E-state index contributed by atoms with van der Waals surface area (Å²) >= 11 is 1.78. The summed E-state index contributed by atoms with van der Waals surface area (Å²) in [5, 5.41) is 4.65. The van der Waals surface area contributed by atoms with Crippen LogP contribution in [-0.2, 0) is 0 Å². The Morgan fingerprint density at radius 2 is 0.860 bits per heavy atom. The van der Waals surface area contributed by atoms with Gasteiger partial charge in [0.15, 0.2) is 17.5 Å². The molecule has 0 fully saturated rings. The Kier molecular flexibility index (Phi) is 6.64. The fourth-order valence-electron chi connectivity index (χ4n) is 6.98. The molecule has 0 aliphatic carbocycles. The van der Waals surface area contributed by atoms with Crippen LogP contribution in [0.5, 0.6) is 0 Å². The third-order valence-corrected chi connectivity index (χ3v) is 10.6. The fourth-order valence-corrected chi connectivity index (χ4v) is 8.20. The third kappa shape index (κ3) is 4.71. The van der Waals surface area contributed by atoms with Gasteiger partial charge in [-0.3, -0.25) is 0 Å². The van der Waals surface area contributed by atoms with Crippen LogP contribution in [0.25, 0.3) is 98.5 Å². The van der Waals surface area contributed by atoms with E-state index in [4.69, 9.17) is 19.4 Å². The molecule has 0 radical (unpaired) electrons. The summed E-state index contributed by atoms with van der Waals surface area (Å²) in [6, 6.07) is 56.7. The van der Waals surface area contributed by atoms with Crippen LogP contribution in [0.4, 0.5) is 0 Å². The van der Waals surface area contributed by atoms with Gasteiger partial charge < -0.3 is 4.42 Å². The van der Waals surface area contributed by atoms with Gasteiger partial charge in [-0.05, 0) is 29.3 Å². The molecule has 0 aliphatic heterocycles. The van der Waals surface area contributed by atoms with Gasteiger partial charge in [0.1, 0.15) is 11.2 Å². The maximum absolute atomic E-state index is 6.75. The summed E-state index contributed by atoms with van der Waals surface area (Å²) in [4.78, 5) is 15.3. The molecular weight excluding hydrogens is 631 g/mol. The van der Waals surface area contributed by atoms with E-state index in [0.29, 0.717) is 17.5 Å². The minimum atomic E-state index is 0.622. The predicted octanol–water partition coefficient (Wildman–Crippen LogP) is 12.5. The minimum absolute atomic E-state index is 0.622. The molecule has 0 atom stereocenters. The fraction of sp³-hybridized carbons (Fsp3) is 0. The average Bonchev–Trinajstić information content (AvgIpc) is 3.77. The maximum atomic E-state index is 6.75. The van der Waals surface area contributed by atoms with E-state index in [1.54, 1.807) is 11.3 Å². The molecule has 5 heteroatoms. The molecule has 3 heterocycles. The van der Waals surface area contributed by atoms with Crippen LogP contribution in [0.3, 0.4) is 0 Å². The molecule has 0 saturated carbocycles. The molecule has 3 aromatic heterocycles. The van der Waals surface area contributed by atoms with Crippen LogP contribution in [0.15, 0.2) is 168 Å². The number of rotatable bonds is 5. The Balaban J connectivity index is 1.15. The van der Waals surface area contributed by atoms with Gasteiger partial charge in [0.25, 0.3) is 0 Å². The molecule has 0 unspecified atom stereocenters. The van der Waals surface area contributed by atoms with Gasteiger partial charge in [-0.1, -0.05) is 146 Å². The SMILES string of the molecule is c1ccc(-c2nc(-c3cccc(-c4cccc5c4oc4c(-c6ccccc6)cccc45)c3)nc(-c3cccc4c3sc3ccccc34)n2)cc1. The van der Waals surface area contributed by atoms with Gasteiger partial charge in [0.05, 0.1) is 0 Å². The number of hydrogen-bond acceptors (Lipinski definition) is 5. The highest BCUT2D eigenvalue weighted by atomic mass is 32.1. The Labute approximate surface area is 292 Å². The summed E-state index contributed by atoms with van der Waals surface area (Å²) in [5.41, 5.74) is 8.87. The van der Waals surface area contributed by atoms with Crippen LogP contribution in [0.1, 0.15) is 0 Å². The van der Waals surface area contributed by atoms with Crippen molar-refractivity contribution < 1.29 is 4.42 Å². The van der Waals surface area contributed by atoms with Gasteiger partial charge in [-0.15, -0.1) is 11.3 Å². The smallest absolute Gasteiger partial charge is 0.165 e. The van der Waals surface area contributed by atoms with Gasteiger partial charge in [-0.2, -0.15) is 0 Å². The van der Waals surface area contributed by atoms with Crippen molar-refractivity contribution in [2.45, 2.75) is 0 Å². The number of furan rings is 1. The lowest BCUT2D eigenvalue weighted by molar-refractivity contribution is 0.671. The Morgan fingerprint density at radius 1 is 0.360 bits per heavy atom. The third-order valence-electron chi connectivity index (χ3n) is 9.35. The number of fused-ring (bicyclic) bond motifs is 6. The molecule has 7 aromatic carbocycles. The monoisotopic (exact) mass is 657 g/mol. The standard InChI is InChI=1S/C45H27N3OS/c1-3-13-28(14-4-1)32-20-10-22-35-36-23-11-21-33(41(36)49-40(32)35)30-17-9-18-31(27-30)44-46-43(29-15-5-2-6-16-29)47-45(48-44)38-25-12-24-37-34-19-7-8-26-39(34)50-42(37)38/h1-27H. The second kappa shape index (κ2) is 11.6. The highest BCUT2D eigenvalue weighted by Gasteiger charge is 2.19. The number of thiophene rings is 1. The molecule has 0 aliphatic rings. The summed E-state index contributed by atoms with van der Waals surface area (Å²) < 4.78 is 9.17. The number of para-hydroxylation sites is 2. The lowest BCUT2D eigenvalue weighted by atomic mass is 9.99. The predicted molar refractivity (Wildman–Crippen MR) is 207 cm³/mol. The van der Waals surface area contributed by atoms with Crippen molar-refractivity contribution in [3.05, 3.63) is 164 Å². The van der Waals surface area contributed by atoms with Crippen molar-refractivity contribution in [1.82, 2.24) is 15.0 Å². The van der Waals surface area contributed by atoms with E-state index in [1.165, 1.54) is 20.2 Å². The first-order chi connectivity index (χ1) is 24.8. The maximum Gasteiger partial charge on any atom is 0.165 e. The van der Waals surface area contributed by atoms with Crippen LogP contribution < -0.4 is 0 Å². The van der Waals surface area contributed by atoms with E-state index in [-0.39, 0.29) is 0 Å². The normalized spacial score (nSPS) is 11.6. The molecule has 50 heavy (non-hydrogen) atoms. The van der Waals surface area contributed by atoms with Crippen LogP contribution >= 0.6 is 11.3 Å². The Hall–Kier alpha value is -6.43. The first kappa shape index (κ1) is 28.6. The molecule has 234 valence electrons. The van der Waals surface area contributed by atoms with Gasteiger partial charge in [0, 0.05) is 58.8 Å². The summed E-state index contributed by atoms with van der Waals surface area (Å²) in [5.74, 6) is 1.92. The Bertz CT molecular complexity index is 2870. The van der Waals surface area contributed by atoms with Crippen molar-refractivity contribution in [3.8, 4) is 56.4 Å². The molecule has 4 nitrogen and oxygen atoms in total. The van der Waals surface area contributed by atoms with E-state index in [9.17, 15) is 0 Å². The highest BCUT2D eigenvalue weighted by molar-refractivity contribution is 7.26. The minimum Gasteiger partial charge on any atom is -0.455 e. The average molecular weight is 658 g/mol. The van der Waals surface area contributed by atoms with Gasteiger partial charge in [0.2, 0.25) is 0 Å². The van der Waals surface area contributed by atoms with Crippen LogP contribution in [0.2, 0.25) is 0 Å². The Morgan fingerprint density at radius 3 is 1.60 bits per heavy atom. The number of nitrogens with zero attached hydrogens (tertiary/aromatic N) is 3. The number of hydrogen-bond donors (Lipinski definition) is 0. The van der Waals surface area contributed by atoms with E-state index >= 15 is 0 Å². The summed E-state index contributed by atoms with van der Waals surface area (Å²) in [7, 11) is 0. The van der Waals surface area contributed by atoms with Crippen molar-refractivity contribution in [2.75, 3.05) is 0 Å². The molecule has 0 bridgehead atoms. The second-order valence-electron chi connectivity index (χ2n) is 12.4. The number of benzene rings is 7. The number of aromatic nitrogens is 3. The summed E-state index contributed by atoms with van der Waals surface area (Å²) in [6.45, 7) is 0. The topological polar surface area (TPSA) is 51.8 Å². The van der Waals surface area contributed by atoms with E-state index in [0.717, 1.165) is 60.9 Å². The van der Waals surface area contributed by atoms with E-state index < -0.39 is 0 Å². The highest BCUT2D eigenvalue weighted by Crippen LogP contribution is 2.42. The first-order valence-electron chi connectivity index (χ1n) is 16.6. The zero-order valence-electron chi connectivity index (χ0n) is 26.7. The molecule has 0 saturated heterocycles. The molecule has 10 rings (SSSR count). The van der Waals surface area contributed by atoms with Crippen LogP contribution in [0, 0.1) is 0 Å². The van der Waals surface area contributed by atoms with Gasteiger partial charge in [-0.25, -0.2) is 15.0 Å². The van der Waals surface area contributed by atoms with E-state index in [2.05, 4.69) is 127 Å². The largest absolute Gasteiger partial charge is 0.455 e. The lowest BCUT2D eigenvalue weighted by Gasteiger charge is -2.10. The van der Waals surface area contributed by atoms with Crippen molar-refractivity contribution >= 4 is 53.4 Å². The molecule has 0 amide bonds. The quantitative estimate of drug-likeness (QED) is 0.185. The van der Waals surface area contributed by atoms with Crippen molar-refractivity contribution in [2.24, 2.45) is 0 Å². The van der Waals surface area contributed by atoms with Crippen molar-refractivity contribution in [1.29, 1.82) is 0 Å². The van der Waals surface area contributed by atoms with Crippen LogP contribution in [-0.4, -0.2) is 15.0 Å². The summed E-state index contributed by atoms with van der Waals surface area (Å²) in [6.07, 6.45) is 0.